The third kappa shape index (κ3) is 7.07. The maximum atomic E-state index is 13.9. The SMILES string of the molecule is Cc1ccc(CN(C(=O)CCc2cccc3ccccc23)[C@@H](Cc2ccccc2)C(=O)NC(C)C)cc1. The molecule has 0 unspecified atom stereocenters. The second kappa shape index (κ2) is 12.4. The Kier molecular flexibility index (Phi) is 8.73. The molecule has 2 amide bonds. The number of amides is 2. The zero-order valence-electron chi connectivity index (χ0n) is 22.0. The fourth-order valence-electron chi connectivity index (χ4n) is 4.72. The van der Waals surface area contributed by atoms with Gasteiger partial charge in [-0.15, -0.1) is 0 Å². The van der Waals surface area contributed by atoms with Crippen molar-refractivity contribution in [3.8, 4) is 0 Å². The third-order valence-electron chi connectivity index (χ3n) is 6.66. The summed E-state index contributed by atoms with van der Waals surface area (Å²) in [7, 11) is 0. The topological polar surface area (TPSA) is 49.4 Å². The predicted octanol–water partition coefficient (Wildman–Crippen LogP) is 6.25. The van der Waals surface area contributed by atoms with E-state index in [9.17, 15) is 9.59 Å². The van der Waals surface area contributed by atoms with Crippen LogP contribution < -0.4 is 5.32 Å². The van der Waals surface area contributed by atoms with Crippen molar-refractivity contribution in [1.82, 2.24) is 10.2 Å². The number of carbonyl (C=O) groups excluding carboxylic acids is 2. The van der Waals surface area contributed by atoms with Crippen LogP contribution in [0.3, 0.4) is 0 Å². The van der Waals surface area contributed by atoms with E-state index in [0.29, 0.717) is 25.8 Å². The summed E-state index contributed by atoms with van der Waals surface area (Å²) < 4.78 is 0. The minimum Gasteiger partial charge on any atom is -0.352 e. The molecule has 1 atom stereocenters. The van der Waals surface area contributed by atoms with Crippen LogP contribution >= 0.6 is 0 Å². The highest BCUT2D eigenvalue weighted by Crippen LogP contribution is 2.22. The van der Waals surface area contributed by atoms with Crippen LogP contribution in [-0.2, 0) is 29.0 Å². The van der Waals surface area contributed by atoms with Crippen molar-refractivity contribution in [3.05, 3.63) is 119 Å². The molecule has 4 aromatic carbocycles. The number of benzene rings is 4. The van der Waals surface area contributed by atoms with E-state index in [1.807, 2.05) is 81.4 Å². The van der Waals surface area contributed by atoms with Gasteiger partial charge >= 0.3 is 0 Å². The van der Waals surface area contributed by atoms with Crippen LogP contribution in [0.15, 0.2) is 97.1 Å². The number of hydrogen-bond donors (Lipinski definition) is 1. The van der Waals surface area contributed by atoms with Gasteiger partial charge in [-0.3, -0.25) is 9.59 Å². The summed E-state index contributed by atoms with van der Waals surface area (Å²) in [5.41, 5.74) is 4.35. The predicted molar refractivity (Wildman–Crippen MR) is 151 cm³/mol. The second-order valence-corrected chi connectivity index (χ2v) is 10.0. The van der Waals surface area contributed by atoms with Crippen LogP contribution in [0.2, 0.25) is 0 Å². The average Bonchev–Trinajstić information content (AvgIpc) is 2.90. The Morgan fingerprint density at radius 2 is 1.46 bits per heavy atom. The molecule has 0 radical (unpaired) electrons. The first-order valence-electron chi connectivity index (χ1n) is 13.1. The molecule has 37 heavy (non-hydrogen) atoms. The highest BCUT2D eigenvalue weighted by atomic mass is 16.2. The lowest BCUT2D eigenvalue weighted by molar-refractivity contribution is -0.141. The quantitative estimate of drug-likeness (QED) is 0.285. The molecule has 0 aliphatic heterocycles. The van der Waals surface area contributed by atoms with Gasteiger partial charge in [-0.2, -0.15) is 0 Å². The van der Waals surface area contributed by atoms with Gasteiger partial charge in [-0.25, -0.2) is 0 Å². The lowest BCUT2D eigenvalue weighted by atomic mass is 9.99. The van der Waals surface area contributed by atoms with Crippen molar-refractivity contribution in [2.75, 3.05) is 0 Å². The lowest BCUT2D eigenvalue weighted by Gasteiger charge is -2.32. The van der Waals surface area contributed by atoms with Crippen molar-refractivity contribution < 1.29 is 9.59 Å². The summed E-state index contributed by atoms with van der Waals surface area (Å²) in [6.45, 7) is 6.33. The maximum absolute atomic E-state index is 13.9. The molecule has 4 heteroatoms. The minimum absolute atomic E-state index is 0.0159. The fourth-order valence-corrected chi connectivity index (χ4v) is 4.72. The molecule has 4 rings (SSSR count). The average molecular weight is 493 g/mol. The normalized spacial score (nSPS) is 11.9. The number of nitrogens with zero attached hydrogens (tertiary/aromatic N) is 1. The number of aryl methyl sites for hydroxylation is 2. The number of hydrogen-bond acceptors (Lipinski definition) is 2. The zero-order valence-corrected chi connectivity index (χ0v) is 22.0. The molecule has 190 valence electrons. The molecule has 0 fully saturated rings. The van der Waals surface area contributed by atoms with Crippen molar-refractivity contribution in [2.24, 2.45) is 0 Å². The molecule has 0 aliphatic carbocycles. The lowest BCUT2D eigenvalue weighted by Crippen LogP contribution is -2.51. The van der Waals surface area contributed by atoms with Gasteiger partial charge in [-0.05, 0) is 54.7 Å². The molecular formula is C33H36N2O2. The highest BCUT2D eigenvalue weighted by Gasteiger charge is 2.30. The van der Waals surface area contributed by atoms with E-state index in [4.69, 9.17) is 0 Å². The summed E-state index contributed by atoms with van der Waals surface area (Å²) in [4.78, 5) is 29.2. The molecule has 4 nitrogen and oxygen atoms in total. The molecule has 4 aromatic rings. The summed E-state index contributed by atoms with van der Waals surface area (Å²) in [5.74, 6) is -0.141. The van der Waals surface area contributed by atoms with Gasteiger partial charge < -0.3 is 10.2 Å². The van der Waals surface area contributed by atoms with Gasteiger partial charge in [0.1, 0.15) is 6.04 Å². The molecule has 0 spiro atoms. The van der Waals surface area contributed by atoms with Crippen LogP contribution in [0.1, 0.15) is 42.5 Å². The van der Waals surface area contributed by atoms with E-state index in [2.05, 4.69) is 41.7 Å². The molecular weight excluding hydrogens is 456 g/mol. The standard InChI is InChI=1S/C33H36N2O2/c1-24(2)34-33(37)31(22-26-10-5-4-6-11-26)35(23-27-18-16-25(3)17-19-27)32(36)21-20-29-14-9-13-28-12-7-8-15-30(28)29/h4-19,24,31H,20-23H2,1-3H3,(H,34,37)/t31-/m0/s1. The third-order valence-corrected chi connectivity index (χ3v) is 6.66. The van der Waals surface area contributed by atoms with Gasteiger partial charge in [0, 0.05) is 25.4 Å². The first-order valence-corrected chi connectivity index (χ1v) is 13.1. The summed E-state index contributed by atoms with van der Waals surface area (Å²) >= 11 is 0. The first-order chi connectivity index (χ1) is 17.9. The van der Waals surface area contributed by atoms with Gasteiger partial charge in [0.2, 0.25) is 11.8 Å². The Bertz CT molecular complexity index is 1320. The Balaban J connectivity index is 1.64. The highest BCUT2D eigenvalue weighted by molar-refractivity contribution is 5.89. The number of carbonyl (C=O) groups is 2. The van der Waals surface area contributed by atoms with Gasteiger partial charge in [0.25, 0.3) is 0 Å². The largest absolute Gasteiger partial charge is 0.352 e. The zero-order chi connectivity index (χ0) is 26.2. The van der Waals surface area contributed by atoms with Crippen LogP contribution in [0.5, 0.6) is 0 Å². The van der Waals surface area contributed by atoms with Crippen molar-refractivity contribution in [1.29, 1.82) is 0 Å². The van der Waals surface area contributed by atoms with Gasteiger partial charge in [-0.1, -0.05) is 103 Å². The first kappa shape index (κ1) is 26.2. The van der Waals surface area contributed by atoms with Crippen LogP contribution in [-0.4, -0.2) is 28.8 Å². The van der Waals surface area contributed by atoms with E-state index in [-0.39, 0.29) is 17.9 Å². The van der Waals surface area contributed by atoms with Crippen molar-refractivity contribution in [3.63, 3.8) is 0 Å². The second-order valence-electron chi connectivity index (χ2n) is 10.0. The summed E-state index contributed by atoms with van der Waals surface area (Å²) in [5, 5.41) is 5.40. The van der Waals surface area contributed by atoms with E-state index in [1.165, 1.54) is 10.8 Å². The fraction of sp³-hybridized carbons (Fsp3) is 0.273. The van der Waals surface area contributed by atoms with Crippen molar-refractivity contribution >= 4 is 22.6 Å². The molecule has 0 aromatic heterocycles. The van der Waals surface area contributed by atoms with Gasteiger partial charge in [0.15, 0.2) is 0 Å². The monoisotopic (exact) mass is 492 g/mol. The van der Waals surface area contributed by atoms with Gasteiger partial charge in [0.05, 0.1) is 0 Å². The molecule has 0 heterocycles. The molecule has 0 saturated carbocycles. The Labute approximate surface area is 220 Å². The molecule has 1 N–H and O–H groups in total. The molecule has 0 aliphatic rings. The maximum Gasteiger partial charge on any atom is 0.243 e. The summed E-state index contributed by atoms with van der Waals surface area (Å²) in [6, 6.07) is 32.0. The van der Waals surface area contributed by atoms with E-state index in [1.54, 1.807) is 4.90 Å². The number of nitrogens with one attached hydrogen (secondary N) is 1. The molecule has 0 saturated heterocycles. The minimum atomic E-state index is -0.605. The Morgan fingerprint density at radius 3 is 2.19 bits per heavy atom. The van der Waals surface area contributed by atoms with Crippen LogP contribution in [0.25, 0.3) is 10.8 Å². The number of fused-ring (bicyclic) bond motifs is 1. The van der Waals surface area contributed by atoms with E-state index in [0.717, 1.165) is 22.3 Å². The smallest absolute Gasteiger partial charge is 0.243 e. The molecule has 0 bridgehead atoms. The number of rotatable bonds is 10. The van der Waals surface area contributed by atoms with E-state index >= 15 is 0 Å². The Hall–Kier alpha value is -3.92. The van der Waals surface area contributed by atoms with E-state index < -0.39 is 6.04 Å². The Morgan fingerprint density at radius 1 is 0.784 bits per heavy atom. The summed E-state index contributed by atoms with van der Waals surface area (Å²) in [6.07, 6.45) is 1.42. The van der Waals surface area contributed by atoms with Crippen molar-refractivity contribution in [2.45, 2.75) is 58.7 Å². The van der Waals surface area contributed by atoms with Crippen LogP contribution in [0.4, 0.5) is 0 Å². The van der Waals surface area contributed by atoms with Crippen LogP contribution in [0, 0.1) is 6.92 Å².